The van der Waals surface area contributed by atoms with Crippen LogP contribution in [0.1, 0.15) is 21.5 Å². The predicted molar refractivity (Wildman–Crippen MR) is 80.4 cm³/mol. The van der Waals surface area contributed by atoms with Crippen molar-refractivity contribution in [2.75, 3.05) is 5.75 Å². The summed E-state index contributed by atoms with van der Waals surface area (Å²) in [6, 6.07) is 10.4. The molecule has 5 heteroatoms. The van der Waals surface area contributed by atoms with Crippen LogP contribution in [0.15, 0.2) is 47.4 Å². The maximum Gasteiger partial charge on any atom is 0.185 e. The topological polar surface area (TPSA) is 71.4 Å². The van der Waals surface area contributed by atoms with Gasteiger partial charge < -0.3 is 5.11 Å². The number of Topliss-reactive ketones (excluding diaryl/α,β-unsaturated/α-hetero) is 1. The SMILES string of the molecule is Cc1ccc(S(=O)(=O)CC(=O)c2ccc(O)cc2)cc1C. The van der Waals surface area contributed by atoms with Gasteiger partial charge in [0, 0.05) is 5.56 Å². The molecule has 0 saturated carbocycles. The third-order valence-corrected chi connectivity index (χ3v) is 4.96. The molecule has 0 aliphatic heterocycles. The lowest BCUT2D eigenvalue weighted by molar-refractivity contribution is 0.102. The molecular formula is C16H16O4S. The average molecular weight is 304 g/mol. The molecule has 0 saturated heterocycles. The molecule has 2 rings (SSSR count). The third-order valence-electron chi connectivity index (χ3n) is 3.35. The lowest BCUT2D eigenvalue weighted by Gasteiger charge is -2.07. The molecule has 0 aliphatic carbocycles. The molecule has 0 bridgehead atoms. The summed E-state index contributed by atoms with van der Waals surface area (Å²) in [6.45, 7) is 3.73. The van der Waals surface area contributed by atoms with Crippen LogP contribution in [0.25, 0.3) is 0 Å². The Morgan fingerprint density at radius 3 is 2.19 bits per heavy atom. The van der Waals surface area contributed by atoms with Crippen LogP contribution < -0.4 is 0 Å². The van der Waals surface area contributed by atoms with E-state index < -0.39 is 21.4 Å². The average Bonchev–Trinajstić information content (AvgIpc) is 2.42. The van der Waals surface area contributed by atoms with Crippen LogP contribution in [0.2, 0.25) is 0 Å². The fraction of sp³-hybridized carbons (Fsp3) is 0.188. The van der Waals surface area contributed by atoms with E-state index in [0.29, 0.717) is 0 Å². The van der Waals surface area contributed by atoms with Crippen LogP contribution >= 0.6 is 0 Å². The molecule has 0 fully saturated rings. The van der Waals surface area contributed by atoms with E-state index in [2.05, 4.69) is 0 Å². The van der Waals surface area contributed by atoms with Crippen molar-refractivity contribution in [2.45, 2.75) is 18.7 Å². The summed E-state index contributed by atoms with van der Waals surface area (Å²) in [5, 5.41) is 9.18. The van der Waals surface area contributed by atoms with Gasteiger partial charge in [-0.05, 0) is 61.4 Å². The number of rotatable bonds is 4. The number of hydrogen-bond donors (Lipinski definition) is 1. The highest BCUT2D eigenvalue weighted by Crippen LogP contribution is 2.18. The van der Waals surface area contributed by atoms with E-state index in [-0.39, 0.29) is 16.2 Å². The van der Waals surface area contributed by atoms with Crippen LogP contribution in [-0.2, 0) is 9.84 Å². The number of phenolic OH excluding ortho intramolecular Hbond substituents is 1. The molecule has 0 radical (unpaired) electrons. The zero-order chi connectivity index (χ0) is 15.6. The standard InChI is InChI=1S/C16H16O4S/c1-11-3-8-15(9-12(11)2)21(19,20)10-16(18)13-4-6-14(17)7-5-13/h3-9,17H,10H2,1-2H3. The Labute approximate surface area is 124 Å². The quantitative estimate of drug-likeness (QED) is 0.882. The fourth-order valence-corrected chi connectivity index (χ4v) is 3.20. The number of carbonyl (C=O) groups excluding carboxylic acids is 1. The minimum absolute atomic E-state index is 0.0311. The van der Waals surface area contributed by atoms with Gasteiger partial charge in [-0.2, -0.15) is 0 Å². The van der Waals surface area contributed by atoms with Crippen LogP contribution in [0, 0.1) is 13.8 Å². The van der Waals surface area contributed by atoms with E-state index in [1.165, 1.54) is 30.3 Å². The number of phenols is 1. The molecule has 0 amide bonds. The molecule has 0 unspecified atom stereocenters. The van der Waals surface area contributed by atoms with Crippen LogP contribution in [0.4, 0.5) is 0 Å². The number of ketones is 1. The first kappa shape index (κ1) is 15.3. The summed E-state index contributed by atoms with van der Waals surface area (Å²) in [6.07, 6.45) is 0. The second-order valence-corrected chi connectivity index (χ2v) is 6.96. The molecule has 2 aromatic rings. The maximum atomic E-state index is 12.3. The summed E-state index contributed by atoms with van der Waals surface area (Å²) < 4.78 is 24.6. The molecule has 0 heterocycles. The Balaban J connectivity index is 2.26. The molecular weight excluding hydrogens is 288 g/mol. The van der Waals surface area contributed by atoms with Gasteiger partial charge in [-0.3, -0.25) is 4.79 Å². The second kappa shape index (κ2) is 5.69. The third kappa shape index (κ3) is 3.49. The van der Waals surface area contributed by atoms with E-state index in [0.717, 1.165) is 11.1 Å². The van der Waals surface area contributed by atoms with Gasteiger partial charge in [0.25, 0.3) is 0 Å². The van der Waals surface area contributed by atoms with E-state index in [9.17, 15) is 18.3 Å². The van der Waals surface area contributed by atoms with Gasteiger partial charge in [0.1, 0.15) is 11.5 Å². The van der Waals surface area contributed by atoms with Crippen molar-refractivity contribution in [3.05, 3.63) is 59.2 Å². The van der Waals surface area contributed by atoms with E-state index in [4.69, 9.17) is 0 Å². The zero-order valence-electron chi connectivity index (χ0n) is 11.8. The predicted octanol–water partition coefficient (Wildman–Crippen LogP) is 2.67. The van der Waals surface area contributed by atoms with Gasteiger partial charge in [-0.1, -0.05) is 6.07 Å². The Bertz CT molecular complexity index is 774. The number of aryl methyl sites for hydroxylation is 2. The zero-order valence-corrected chi connectivity index (χ0v) is 12.6. The molecule has 0 atom stereocenters. The summed E-state index contributed by atoms with van der Waals surface area (Å²) in [5.41, 5.74) is 2.13. The Morgan fingerprint density at radius 1 is 1.00 bits per heavy atom. The van der Waals surface area contributed by atoms with Crippen molar-refractivity contribution in [1.82, 2.24) is 0 Å². The van der Waals surface area contributed by atoms with Crippen molar-refractivity contribution >= 4 is 15.6 Å². The van der Waals surface area contributed by atoms with Crippen molar-refractivity contribution in [3.8, 4) is 5.75 Å². The molecule has 0 aliphatic rings. The highest BCUT2D eigenvalue weighted by Gasteiger charge is 2.20. The molecule has 110 valence electrons. The Morgan fingerprint density at radius 2 is 1.62 bits per heavy atom. The van der Waals surface area contributed by atoms with Gasteiger partial charge in [0.2, 0.25) is 0 Å². The maximum absolute atomic E-state index is 12.3. The van der Waals surface area contributed by atoms with E-state index >= 15 is 0 Å². The fourth-order valence-electron chi connectivity index (χ4n) is 1.89. The molecule has 21 heavy (non-hydrogen) atoms. The lowest BCUT2D eigenvalue weighted by Crippen LogP contribution is -2.16. The first-order valence-electron chi connectivity index (χ1n) is 6.42. The summed E-state index contributed by atoms with van der Waals surface area (Å²) in [5.74, 6) is -1.04. The first-order valence-corrected chi connectivity index (χ1v) is 8.07. The minimum Gasteiger partial charge on any atom is -0.508 e. The number of aromatic hydroxyl groups is 1. The van der Waals surface area contributed by atoms with Gasteiger partial charge in [-0.25, -0.2) is 8.42 Å². The van der Waals surface area contributed by atoms with Gasteiger partial charge in [0.15, 0.2) is 15.6 Å². The van der Waals surface area contributed by atoms with Crippen LogP contribution in [0.3, 0.4) is 0 Å². The lowest BCUT2D eigenvalue weighted by atomic mass is 10.1. The molecule has 0 aromatic heterocycles. The summed E-state index contributed by atoms with van der Waals surface area (Å²) >= 11 is 0. The van der Waals surface area contributed by atoms with Crippen molar-refractivity contribution in [3.63, 3.8) is 0 Å². The number of benzene rings is 2. The first-order chi connectivity index (χ1) is 9.79. The number of hydrogen-bond acceptors (Lipinski definition) is 4. The number of sulfone groups is 1. The van der Waals surface area contributed by atoms with Crippen molar-refractivity contribution < 1.29 is 18.3 Å². The number of carbonyl (C=O) groups is 1. The molecule has 1 N–H and O–H groups in total. The smallest absolute Gasteiger partial charge is 0.185 e. The normalized spacial score (nSPS) is 11.3. The van der Waals surface area contributed by atoms with Gasteiger partial charge >= 0.3 is 0 Å². The highest BCUT2D eigenvalue weighted by molar-refractivity contribution is 7.92. The summed E-state index contributed by atoms with van der Waals surface area (Å²) in [7, 11) is -3.67. The van der Waals surface area contributed by atoms with Crippen LogP contribution in [0.5, 0.6) is 5.75 Å². The summed E-state index contributed by atoms with van der Waals surface area (Å²) in [4.78, 5) is 12.2. The van der Waals surface area contributed by atoms with E-state index in [1.54, 1.807) is 12.1 Å². The molecule has 0 spiro atoms. The van der Waals surface area contributed by atoms with Crippen molar-refractivity contribution in [1.29, 1.82) is 0 Å². The minimum atomic E-state index is -3.67. The monoisotopic (exact) mass is 304 g/mol. The molecule has 4 nitrogen and oxygen atoms in total. The van der Waals surface area contributed by atoms with Crippen molar-refractivity contribution in [2.24, 2.45) is 0 Å². The Kier molecular flexibility index (Phi) is 4.14. The second-order valence-electron chi connectivity index (χ2n) is 4.98. The highest BCUT2D eigenvalue weighted by atomic mass is 32.2. The van der Waals surface area contributed by atoms with Gasteiger partial charge in [0.05, 0.1) is 4.90 Å². The van der Waals surface area contributed by atoms with Crippen LogP contribution in [-0.4, -0.2) is 25.1 Å². The molecule has 2 aromatic carbocycles. The largest absolute Gasteiger partial charge is 0.508 e. The van der Waals surface area contributed by atoms with E-state index in [1.807, 2.05) is 13.8 Å². The Hall–Kier alpha value is -2.14. The van der Waals surface area contributed by atoms with Gasteiger partial charge in [-0.15, -0.1) is 0 Å².